The molecule has 0 unspecified atom stereocenters. The Morgan fingerprint density at radius 3 is 2.55 bits per heavy atom. The van der Waals surface area contributed by atoms with Crippen LogP contribution in [-0.2, 0) is 4.79 Å². The van der Waals surface area contributed by atoms with Gasteiger partial charge < -0.3 is 14.8 Å². The average molecular weight is 390 g/mol. The van der Waals surface area contributed by atoms with E-state index in [-0.39, 0.29) is 11.9 Å². The van der Waals surface area contributed by atoms with Crippen molar-refractivity contribution in [1.82, 2.24) is 19.8 Å². The lowest BCUT2D eigenvalue weighted by atomic mass is 10.1. The number of carbonyl (C=O) groups excluding carboxylic acids is 3. The van der Waals surface area contributed by atoms with Gasteiger partial charge in [0, 0.05) is 48.5 Å². The highest BCUT2D eigenvalue weighted by Gasteiger charge is 2.34. The number of hydrogen-bond acceptors (Lipinski definition) is 4. The Hall–Kier alpha value is -3.48. The largest absolute Gasteiger partial charge is 0.345 e. The Bertz CT molecular complexity index is 1090. The number of rotatable bonds is 3. The Kier molecular flexibility index (Phi) is 4.88. The minimum atomic E-state index is -0.559. The molecule has 1 N–H and O–H groups in total. The number of fused-ring (bicyclic) bond motifs is 1. The van der Waals surface area contributed by atoms with E-state index in [1.54, 1.807) is 28.0 Å². The van der Waals surface area contributed by atoms with E-state index in [2.05, 4.69) is 9.97 Å². The summed E-state index contributed by atoms with van der Waals surface area (Å²) in [7, 11) is 0. The molecule has 1 aliphatic rings. The number of Topliss-reactive ketones (excluding diaryl/α,β-unsaturated/α-hetero) is 1. The standard InChI is InChI=1S/C22H22N4O3/c1-14-8-9-17-18(12-23-20(17)24-14)19(27)22(29)26-11-10-25(13-15(26)2)21(28)16-6-4-3-5-7-16/h3-9,12,15H,10-11,13H2,1-2H3,(H,23,24)/t15-/m1/s1. The van der Waals surface area contributed by atoms with E-state index < -0.39 is 11.7 Å². The van der Waals surface area contributed by atoms with Crippen molar-refractivity contribution in [3.63, 3.8) is 0 Å². The lowest BCUT2D eigenvalue weighted by Crippen LogP contribution is -2.56. The number of benzene rings is 1. The van der Waals surface area contributed by atoms with E-state index in [1.165, 1.54) is 6.20 Å². The SMILES string of the molecule is Cc1ccc2c(C(=O)C(=O)N3CCN(C(=O)c4ccccc4)C[C@H]3C)c[nH]c2n1. The van der Waals surface area contributed by atoms with Crippen molar-refractivity contribution in [3.8, 4) is 0 Å². The predicted octanol–water partition coefficient (Wildman–Crippen LogP) is 2.43. The van der Waals surface area contributed by atoms with Gasteiger partial charge in [-0.15, -0.1) is 0 Å². The van der Waals surface area contributed by atoms with Crippen LogP contribution in [0.15, 0.2) is 48.7 Å². The number of nitrogens with zero attached hydrogens (tertiary/aromatic N) is 3. The first-order chi connectivity index (χ1) is 14.0. The summed E-state index contributed by atoms with van der Waals surface area (Å²) in [5.41, 5.74) is 2.37. The van der Waals surface area contributed by atoms with Gasteiger partial charge in [-0.3, -0.25) is 14.4 Å². The van der Waals surface area contributed by atoms with Crippen molar-refractivity contribution < 1.29 is 14.4 Å². The zero-order valence-electron chi connectivity index (χ0n) is 16.4. The lowest BCUT2D eigenvalue weighted by molar-refractivity contribution is -0.130. The molecule has 0 saturated carbocycles. The fourth-order valence-corrected chi connectivity index (χ4v) is 3.74. The summed E-state index contributed by atoms with van der Waals surface area (Å²) >= 11 is 0. The highest BCUT2D eigenvalue weighted by atomic mass is 16.2. The van der Waals surface area contributed by atoms with Gasteiger partial charge in [-0.2, -0.15) is 0 Å². The molecule has 0 spiro atoms. The molecule has 3 aromatic rings. The molecule has 1 atom stereocenters. The number of aryl methyl sites for hydroxylation is 1. The minimum absolute atomic E-state index is 0.0612. The first-order valence-electron chi connectivity index (χ1n) is 9.60. The first-order valence-corrected chi connectivity index (χ1v) is 9.60. The van der Waals surface area contributed by atoms with Crippen molar-refractivity contribution in [2.45, 2.75) is 19.9 Å². The molecule has 148 valence electrons. The van der Waals surface area contributed by atoms with Crippen LogP contribution in [0.25, 0.3) is 11.0 Å². The second-order valence-corrected chi connectivity index (χ2v) is 7.35. The third-order valence-electron chi connectivity index (χ3n) is 5.31. The van der Waals surface area contributed by atoms with Gasteiger partial charge in [-0.25, -0.2) is 4.98 Å². The number of hydrogen-bond donors (Lipinski definition) is 1. The van der Waals surface area contributed by atoms with Gasteiger partial charge in [0.15, 0.2) is 0 Å². The van der Waals surface area contributed by atoms with Gasteiger partial charge in [0.25, 0.3) is 17.6 Å². The highest BCUT2D eigenvalue weighted by molar-refractivity contribution is 6.44. The molecule has 2 amide bonds. The number of pyridine rings is 1. The van der Waals surface area contributed by atoms with E-state index in [4.69, 9.17) is 0 Å². The number of ketones is 1. The summed E-state index contributed by atoms with van der Waals surface area (Å²) in [6, 6.07) is 12.4. The highest BCUT2D eigenvalue weighted by Crippen LogP contribution is 2.20. The molecule has 0 radical (unpaired) electrons. The number of H-pyrrole nitrogens is 1. The van der Waals surface area contributed by atoms with Gasteiger partial charge in [0.2, 0.25) is 0 Å². The van der Waals surface area contributed by atoms with E-state index >= 15 is 0 Å². The number of amides is 2. The summed E-state index contributed by atoms with van der Waals surface area (Å²) < 4.78 is 0. The van der Waals surface area contributed by atoms with Crippen LogP contribution in [0.2, 0.25) is 0 Å². The van der Waals surface area contributed by atoms with Gasteiger partial charge >= 0.3 is 0 Å². The van der Waals surface area contributed by atoms with E-state index in [9.17, 15) is 14.4 Å². The average Bonchev–Trinajstić information content (AvgIpc) is 3.15. The summed E-state index contributed by atoms with van der Waals surface area (Å²) in [4.78, 5) is 49.0. The number of carbonyl (C=O) groups is 3. The van der Waals surface area contributed by atoms with Crippen LogP contribution < -0.4 is 0 Å². The third-order valence-corrected chi connectivity index (χ3v) is 5.31. The molecule has 2 aromatic heterocycles. The van der Waals surface area contributed by atoms with Crippen LogP contribution in [0, 0.1) is 6.92 Å². The second-order valence-electron chi connectivity index (χ2n) is 7.35. The smallest absolute Gasteiger partial charge is 0.295 e. The van der Waals surface area contributed by atoms with Gasteiger partial charge in [-0.05, 0) is 38.1 Å². The maximum atomic E-state index is 12.9. The zero-order chi connectivity index (χ0) is 20.5. The Labute approximate surface area is 168 Å². The summed E-state index contributed by atoms with van der Waals surface area (Å²) in [5.74, 6) is -1.17. The lowest BCUT2D eigenvalue weighted by Gasteiger charge is -2.39. The van der Waals surface area contributed by atoms with E-state index in [0.29, 0.717) is 41.8 Å². The molecular formula is C22H22N4O3. The molecule has 1 saturated heterocycles. The van der Waals surface area contributed by atoms with Crippen molar-refractivity contribution in [3.05, 3.63) is 65.5 Å². The van der Waals surface area contributed by atoms with Crippen LogP contribution in [0.1, 0.15) is 33.3 Å². The second kappa shape index (κ2) is 7.50. The monoisotopic (exact) mass is 390 g/mol. The summed E-state index contributed by atoms with van der Waals surface area (Å²) in [5, 5.41) is 0.638. The fraction of sp³-hybridized carbons (Fsp3) is 0.273. The maximum Gasteiger partial charge on any atom is 0.295 e. The van der Waals surface area contributed by atoms with Gasteiger partial charge in [0.05, 0.1) is 5.56 Å². The van der Waals surface area contributed by atoms with Gasteiger partial charge in [0.1, 0.15) is 5.65 Å². The number of aromatic nitrogens is 2. The normalized spacial score (nSPS) is 16.8. The molecule has 7 heteroatoms. The molecule has 0 aliphatic carbocycles. The van der Waals surface area contributed by atoms with Crippen molar-refractivity contribution >= 4 is 28.6 Å². The third kappa shape index (κ3) is 3.51. The molecule has 3 heterocycles. The number of nitrogens with one attached hydrogen (secondary N) is 1. The quantitative estimate of drug-likeness (QED) is 0.550. The molecule has 4 rings (SSSR count). The van der Waals surface area contributed by atoms with Crippen molar-refractivity contribution in [2.75, 3.05) is 19.6 Å². The Balaban J connectivity index is 1.48. The topological polar surface area (TPSA) is 86.4 Å². The number of piperazine rings is 1. The van der Waals surface area contributed by atoms with Crippen LogP contribution >= 0.6 is 0 Å². The predicted molar refractivity (Wildman–Crippen MR) is 109 cm³/mol. The molecule has 1 fully saturated rings. The zero-order valence-corrected chi connectivity index (χ0v) is 16.4. The molecule has 0 bridgehead atoms. The molecule has 29 heavy (non-hydrogen) atoms. The van der Waals surface area contributed by atoms with Crippen LogP contribution in [0.5, 0.6) is 0 Å². The van der Waals surface area contributed by atoms with Crippen LogP contribution in [-0.4, -0.2) is 63.0 Å². The van der Waals surface area contributed by atoms with Crippen molar-refractivity contribution in [2.24, 2.45) is 0 Å². The minimum Gasteiger partial charge on any atom is -0.345 e. The summed E-state index contributed by atoms with van der Waals surface area (Å²) in [6.07, 6.45) is 1.54. The fourth-order valence-electron chi connectivity index (χ4n) is 3.74. The first kappa shape index (κ1) is 18.9. The van der Waals surface area contributed by atoms with Crippen molar-refractivity contribution in [1.29, 1.82) is 0 Å². The van der Waals surface area contributed by atoms with E-state index in [1.807, 2.05) is 38.1 Å². The Morgan fingerprint density at radius 1 is 1.07 bits per heavy atom. The Morgan fingerprint density at radius 2 is 1.83 bits per heavy atom. The van der Waals surface area contributed by atoms with Crippen LogP contribution in [0.4, 0.5) is 0 Å². The molecule has 1 aliphatic heterocycles. The summed E-state index contributed by atoms with van der Waals surface area (Å²) in [6.45, 7) is 4.83. The van der Waals surface area contributed by atoms with Crippen LogP contribution in [0.3, 0.4) is 0 Å². The molecule has 7 nitrogen and oxygen atoms in total. The molecule has 1 aromatic carbocycles. The number of aromatic amines is 1. The molecular weight excluding hydrogens is 368 g/mol. The van der Waals surface area contributed by atoms with Gasteiger partial charge in [-0.1, -0.05) is 18.2 Å². The van der Waals surface area contributed by atoms with E-state index in [0.717, 1.165) is 5.69 Å². The maximum absolute atomic E-state index is 12.9.